The van der Waals surface area contributed by atoms with Gasteiger partial charge < -0.3 is 15.8 Å². The van der Waals surface area contributed by atoms with Crippen LogP contribution >= 0.6 is 0 Å². The summed E-state index contributed by atoms with van der Waals surface area (Å²) in [4.78, 5) is 11.6. The Hall–Kier alpha value is -0.750. The van der Waals surface area contributed by atoms with E-state index in [0.717, 1.165) is 19.3 Å². The molecule has 0 aromatic carbocycles. The van der Waals surface area contributed by atoms with Gasteiger partial charge in [-0.3, -0.25) is 4.79 Å². The molecule has 1 saturated carbocycles. The predicted molar refractivity (Wildman–Crippen MR) is 59.8 cm³/mol. The third-order valence-electron chi connectivity index (χ3n) is 2.98. The molecule has 1 aliphatic carbocycles. The van der Waals surface area contributed by atoms with E-state index in [4.69, 9.17) is 10.5 Å². The summed E-state index contributed by atoms with van der Waals surface area (Å²) in [7, 11) is 0. The zero-order chi connectivity index (χ0) is 12.9. The van der Waals surface area contributed by atoms with Crippen LogP contribution in [0.4, 0.5) is 8.78 Å². The number of nitrogens with one attached hydrogen (secondary N) is 1. The van der Waals surface area contributed by atoms with E-state index >= 15 is 0 Å². The number of hydrogen-bond acceptors (Lipinski definition) is 3. The first-order valence-corrected chi connectivity index (χ1v) is 5.93. The molecule has 1 aliphatic rings. The zero-order valence-corrected chi connectivity index (χ0v) is 10.0. The molecule has 0 saturated heterocycles. The summed E-state index contributed by atoms with van der Waals surface area (Å²) >= 11 is 0. The Labute approximate surface area is 99.9 Å². The van der Waals surface area contributed by atoms with Gasteiger partial charge in [0.05, 0.1) is 6.61 Å². The highest BCUT2D eigenvalue weighted by Gasteiger charge is 2.49. The fourth-order valence-electron chi connectivity index (χ4n) is 1.91. The lowest BCUT2D eigenvalue weighted by Crippen LogP contribution is -2.60. The van der Waals surface area contributed by atoms with Crippen molar-refractivity contribution in [1.82, 2.24) is 5.32 Å². The average molecular weight is 250 g/mol. The van der Waals surface area contributed by atoms with Crippen LogP contribution in [-0.4, -0.2) is 37.6 Å². The number of ether oxygens (including phenoxy) is 1. The van der Waals surface area contributed by atoms with Gasteiger partial charge in [-0.25, -0.2) is 8.78 Å². The summed E-state index contributed by atoms with van der Waals surface area (Å²) in [5.74, 6) is -0.396. The number of hydrogen-bond donors (Lipinski definition) is 2. The van der Waals surface area contributed by atoms with Crippen LogP contribution in [-0.2, 0) is 9.53 Å². The van der Waals surface area contributed by atoms with E-state index in [1.807, 2.05) is 6.92 Å². The molecule has 1 fully saturated rings. The monoisotopic (exact) mass is 250 g/mol. The summed E-state index contributed by atoms with van der Waals surface area (Å²) < 4.78 is 28.9. The third kappa shape index (κ3) is 3.89. The number of alkyl halides is 2. The molecule has 0 aliphatic heterocycles. The molecule has 0 aromatic rings. The minimum atomic E-state index is -2.52. The topological polar surface area (TPSA) is 64.3 Å². The second-order valence-corrected chi connectivity index (χ2v) is 4.44. The van der Waals surface area contributed by atoms with Gasteiger partial charge >= 0.3 is 0 Å². The number of rotatable bonds is 9. The van der Waals surface area contributed by atoms with E-state index in [2.05, 4.69) is 5.32 Å². The molecule has 0 radical (unpaired) electrons. The summed E-state index contributed by atoms with van der Waals surface area (Å²) in [6, 6.07) is 0. The predicted octanol–water partition coefficient (Wildman–Crippen LogP) is 0.902. The van der Waals surface area contributed by atoms with Crippen LogP contribution in [0.25, 0.3) is 0 Å². The second-order valence-electron chi connectivity index (χ2n) is 4.44. The van der Waals surface area contributed by atoms with Crippen LogP contribution in [0.5, 0.6) is 0 Å². The molecular formula is C11H20F2N2O2. The van der Waals surface area contributed by atoms with E-state index in [0.29, 0.717) is 6.54 Å². The lowest BCUT2D eigenvalue weighted by Gasteiger charge is -2.31. The minimum Gasteiger partial charge on any atom is -0.373 e. The molecule has 1 unspecified atom stereocenters. The van der Waals surface area contributed by atoms with Crippen molar-refractivity contribution < 1.29 is 18.3 Å². The van der Waals surface area contributed by atoms with Crippen molar-refractivity contribution in [3.8, 4) is 0 Å². The molecule has 100 valence electrons. The average Bonchev–Trinajstić information content (AvgIpc) is 3.06. The number of amides is 1. The van der Waals surface area contributed by atoms with E-state index < -0.39 is 24.5 Å². The van der Waals surface area contributed by atoms with Crippen molar-refractivity contribution in [3.63, 3.8) is 0 Å². The second kappa shape index (κ2) is 6.26. The van der Waals surface area contributed by atoms with E-state index in [9.17, 15) is 13.6 Å². The molecule has 3 N–H and O–H groups in total. The van der Waals surface area contributed by atoms with Gasteiger partial charge in [-0.2, -0.15) is 0 Å². The van der Waals surface area contributed by atoms with Crippen LogP contribution in [0, 0.1) is 5.92 Å². The number of primary amides is 1. The SMILES string of the molecule is CCCNC(COCC(F)F)(C(N)=O)C1CC1. The van der Waals surface area contributed by atoms with E-state index in [1.165, 1.54) is 0 Å². The number of carbonyl (C=O) groups is 1. The molecule has 6 heteroatoms. The molecular weight excluding hydrogens is 230 g/mol. The normalized spacial score (nSPS) is 19.3. The van der Waals surface area contributed by atoms with E-state index in [-0.39, 0.29) is 12.5 Å². The molecule has 1 rings (SSSR count). The van der Waals surface area contributed by atoms with Crippen molar-refractivity contribution in [2.24, 2.45) is 11.7 Å². The number of halogens is 2. The molecule has 1 atom stereocenters. The lowest BCUT2D eigenvalue weighted by atomic mass is 9.93. The molecule has 4 nitrogen and oxygen atoms in total. The Bertz CT molecular complexity index is 260. The molecule has 17 heavy (non-hydrogen) atoms. The summed E-state index contributed by atoms with van der Waals surface area (Å²) in [6.07, 6.45) is 0.0948. The maximum absolute atomic E-state index is 12.0. The Morgan fingerprint density at radius 1 is 1.59 bits per heavy atom. The maximum atomic E-state index is 12.0. The first kappa shape index (κ1) is 14.3. The highest BCUT2D eigenvalue weighted by Crippen LogP contribution is 2.40. The van der Waals surface area contributed by atoms with Gasteiger partial charge in [0.25, 0.3) is 6.43 Å². The van der Waals surface area contributed by atoms with Gasteiger partial charge in [-0.1, -0.05) is 6.92 Å². The quantitative estimate of drug-likeness (QED) is 0.639. The molecule has 0 bridgehead atoms. The van der Waals surface area contributed by atoms with Crippen molar-refractivity contribution in [1.29, 1.82) is 0 Å². The van der Waals surface area contributed by atoms with Crippen LogP contribution < -0.4 is 11.1 Å². The van der Waals surface area contributed by atoms with Gasteiger partial charge in [0.15, 0.2) is 0 Å². The molecule has 0 spiro atoms. The molecule has 0 heterocycles. The Kier molecular flexibility index (Phi) is 5.27. The first-order valence-electron chi connectivity index (χ1n) is 5.93. The van der Waals surface area contributed by atoms with Crippen LogP contribution in [0.15, 0.2) is 0 Å². The third-order valence-corrected chi connectivity index (χ3v) is 2.98. The maximum Gasteiger partial charge on any atom is 0.261 e. The Morgan fingerprint density at radius 2 is 2.24 bits per heavy atom. The zero-order valence-electron chi connectivity index (χ0n) is 10.0. The first-order chi connectivity index (χ1) is 8.03. The molecule has 0 aromatic heterocycles. The molecule has 1 amide bonds. The van der Waals surface area contributed by atoms with Crippen molar-refractivity contribution in [2.75, 3.05) is 19.8 Å². The lowest BCUT2D eigenvalue weighted by molar-refractivity contribution is -0.129. The van der Waals surface area contributed by atoms with Crippen LogP contribution in [0.2, 0.25) is 0 Å². The Balaban J connectivity index is 2.58. The summed E-state index contributed by atoms with van der Waals surface area (Å²) in [6.45, 7) is 1.86. The largest absolute Gasteiger partial charge is 0.373 e. The van der Waals surface area contributed by atoms with Crippen LogP contribution in [0.1, 0.15) is 26.2 Å². The van der Waals surface area contributed by atoms with Gasteiger partial charge in [-0.05, 0) is 31.7 Å². The van der Waals surface area contributed by atoms with Gasteiger partial charge in [0.2, 0.25) is 5.91 Å². The standard InChI is InChI=1S/C11H20F2N2O2/c1-2-5-15-11(10(14)16,8-3-4-8)7-17-6-9(12)13/h8-9,15H,2-7H2,1H3,(H2,14,16). The van der Waals surface area contributed by atoms with E-state index in [1.54, 1.807) is 0 Å². The highest BCUT2D eigenvalue weighted by molar-refractivity contribution is 5.85. The number of carbonyl (C=O) groups excluding carboxylic acids is 1. The summed E-state index contributed by atoms with van der Waals surface area (Å²) in [5.41, 5.74) is 4.43. The number of nitrogens with two attached hydrogens (primary N) is 1. The fourth-order valence-corrected chi connectivity index (χ4v) is 1.91. The van der Waals surface area contributed by atoms with Crippen molar-refractivity contribution in [2.45, 2.75) is 38.2 Å². The Morgan fingerprint density at radius 3 is 2.65 bits per heavy atom. The van der Waals surface area contributed by atoms with Crippen LogP contribution in [0.3, 0.4) is 0 Å². The van der Waals surface area contributed by atoms with Crippen molar-refractivity contribution in [3.05, 3.63) is 0 Å². The van der Waals surface area contributed by atoms with Gasteiger partial charge in [0, 0.05) is 0 Å². The smallest absolute Gasteiger partial charge is 0.261 e. The van der Waals surface area contributed by atoms with Gasteiger partial charge in [0.1, 0.15) is 12.1 Å². The fraction of sp³-hybridized carbons (Fsp3) is 0.909. The van der Waals surface area contributed by atoms with Gasteiger partial charge in [-0.15, -0.1) is 0 Å². The summed E-state index contributed by atoms with van der Waals surface area (Å²) in [5, 5.41) is 3.07. The minimum absolute atomic E-state index is 0.0721. The van der Waals surface area contributed by atoms with Crippen molar-refractivity contribution >= 4 is 5.91 Å². The highest BCUT2D eigenvalue weighted by atomic mass is 19.3.